The summed E-state index contributed by atoms with van der Waals surface area (Å²) in [6.45, 7) is 5.33. The number of carbonyl (C=O) groups excluding carboxylic acids is 1. The van der Waals surface area contributed by atoms with Gasteiger partial charge in [0.2, 0.25) is 5.91 Å². The van der Waals surface area contributed by atoms with Gasteiger partial charge in [0, 0.05) is 17.2 Å². The molecule has 0 radical (unpaired) electrons. The summed E-state index contributed by atoms with van der Waals surface area (Å²) in [7, 11) is 0. The van der Waals surface area contributed by atoms with Crippen LogP contribution >= 0.6 is 0 Å². The number of hydrogen-bond donors (Lipinski definition) is 1. The first kappa shape index (κ1) is 23.8. The quantitative estimate of drug-likeness (QED) is 0.504. The normalized spacial score (nSPS) is 26.5. The van der Waals surface area contributed by atoms with Crippen LogP contribution in [0.3, 0.4) is 0 Å². The highest BCUT2D eigenvalue weighted by Gasteiger charge is 2.63. The van der Waals surface area contributed by atoms with E-state index < -0.39 is 29.3 Å². The Kier molecular flexibility index (Phi) is 6.67. The topological polar surface area (TPSA) is 49.8 Å². The first-order chi connectivity index (χ1) is 15.0. The predicted octanol–water partition coefficient (Wildman–Crippen LogP) is 5.23. The number of carbonyl (C=O) groups is 1. The lowest BCUT2D eigenvalue weighted by Gasteiger charge is -2.34. The number of benzene rings is 1. The van der Waals surface area contributed by atoms with E-state index in [9.17, 15) is 27.5 Å². The largest absolute Gasteiger partial charge is 0.489 e. The van der Waals surface area contributed by atoms with E-state index in [1.165, 1.54) is 4.90 Å². The zero-order chi connectivity index (χ0) is 23.7. The van der Waals surface area contributed by atoms with E-state index >= 15 is 0 Å². The Morgan fingerprint density at radius 2 is 1.97 bits per heavy atom. The second-order valence-electron chi connectivity index (χ2n) is 8.10. The van der Waals surface area contributed by atoms with Crippen LogP contribution < -0.4 is 4.74 Å². The van der Waals surface area contributed by atoms with Crippen LogP contribution in [0.25, 0.3) is 0 Å². The summed E-state index contributed by atoms with van der Waals surface area (Å²) >= 11 is 0. The zero-order valence-electron chi connectivity index (χ0n) is 18.0. The maximum Gasteiger partial charge on any atom is 0.429 e. The Labute approximate surface area is 184 Å². The molecule has 1 aromatic carbocycles. The standard InChI is InChI=1S/C24H25F4NO3/c1-4-20-16(12-17-13-21(25)23(17,31)24(26,27)28)10-11-19(14-29(20)22(30)15(2)3)32-18-8-6-5-7-9-18/h4-9,12,15,19,31H,10-11,14H2,1-3H3/b16-12-,20-4+/t19-,23?/m0/s1. The number of halogens is 4. The lowest BCUT2D eigenvalue weighted by atomic mass is 9.82. The van der Waals surface area contributed by atoms with Gasteiger partial charge in [0.15, 0.2) is 5.83 Å². The average Bonchev–Trinajstić information content (AvgIpc) is 2.91. The lowest BCUT2D eigenvalue weighted by molar-refractivity contribution is -0.237. The van der Waals surface area contributed by atoms with E-state index in [1.807, 2.05) is 23.9 Å². The first-order valence-corrected chi connectivity index (χ1v) is 10.4. The van der Waals surface area contributed by atoms with E-state index in [4.69, 9.17) is 4.74 Å². The van der Waals surface area contributed by atoms with E-state index in [2.05, 4.69) is 0 Å². The van der Waals surface area contributed by atoms with E-state index in [1.54, 1.807) is 39.0 Å². The molecule has 2 atom stereocenters. The van der Waals surface area contributed by atoms with Gasteiger partial charge < -0.3 is 14.7 Å². The molecule has 0 bridgehead atoms. The van der Waals surface area contributed by atoms with Gasteiger partial charge in [-0.1, -0.05) is 43.9 Å². The SMILES string of the molecule is C/C=C1\C(=C/C2=C=C(F)C2(O)C(F)(F)F)CC[C@H](Oc2ccccc2)CN1C(=O)C(C)C. The van der Waals surface area contributed by atoms with E-state index in [0.717, 1.165) is 6.08 Å². The van der Waals surface area contributed by atoms with E-state index in [-0.39, 0.29) is 24.8 Å². The van der Waals surface area contributed by atoms with Crippen molar-refractivity contribution in [3.05, 3.63) is 70.9 Å². The van der Waals surface area contributed by atoms with Crippen molar-refractivity contribution in [2.24, 2.45) is 5.92 Å². The molecule has 0 saturated carbocycles. The zero-order valence-corrected chi connectivity index (χ0v) is 18.0. The number of hydrogen-bond acceptors (Lipinski definition) is 3. The fourth-order valence-corrected chi connectivity index (χ4v) is 3.75. The molecule has 1 saturated heterocycles. The number of rotatable bonds is 4. The van der Waals surface area contributed by atoms with Crippen molar-refractivity contribution < 1.29 is 32.2 Å². The van der Waals surface area contributed by atoms with Crippen LogP contribution in [0.4, 0.5) is 17.6 Å². The summed E-state index contributed by atoms with van der Waals surface area (Å²) in [5, 5.41) is 9.94. The summed E-state index contributed by atoms with van der Waals surface area (Å²) in [4.78, 5) is 14.4. The van der Waals surface area contributed by atoms with Crippen molar-refractivity contribution in [3.63, 3.8) is 0 Å². The Balaban J connectivity index is 1.99. The molecular formula is C24H25F4NO3. The van der Waals surface area contributed by atoms with Crippen LogP contribution in [0.1, 0.15) is 33.6 Å². The van der Waals surface area contributed by atoms with Gasteiger partial charge in [0.05, 0.1) is 6.54 Å². The van der Waals surface area contributed by atoms with Crippen LogP contribution in [0.5, 0.6) is 5.75 Å². The number of para-hydroxylation sites is 1. The minimum Gasteiger partial charge on any atom is -0.489 e. The number of aliphatic hydroxyl groups is 1. The first-order valence-electron chi connectivity index (χ1n) is 10.4. The van der Waals surface area contributed by atoms with Crippen molar-refractivity contribution in [2.75, 3.05) is 6.54 Å². The molecule has 4 nitrogen and oxygen atoms in total. The van der Waals surface area contributed by atoms with Crippen LogP contribution in [0.15, 0.2) is 70.9 Å². The van der Waals surface area contributed by atoms with Gasteiger partial charge in [-0.15, -0.1) is 0 Å². The predicted molar refractivity (Wildman–Crippen MR) is 111 cm³/mol. The molecule has 1 aliphatic heterocycles. The van der Waals surface area contributed by atoms with Gasteiger partial charge in [0.1, 0.15) is 11.9 Å². The third-order valence-corrected chi connectivity index (χ3v) is 5.50. The fourth-order valence-electron chi connectivity index (χ4n) is 3.75. The third kappa shape index (κ3) is 4.38. The van der Waals surface area contributed by atoms with Crippen molar-refractivity contribution in [2.45, 2.75) is 51.5 Å². The van der Waals surface area contributed by atoms with Crippen molar-refractivity contribution in [1.29, 1.82) is 0 Å². The molecular weight excluding hydrogens is 426 g/mol. The molecule has 1 aliphatic carbocycles. The second-order valence-corrected chi connectivity index (χ2v) is 8.10. The molecule has 1 unspecified atom stereocenters. The Morgan fingerprint density at radius 1 is 1.31 bits per heavy atom. The molecule has 1 heterocycles. The molecule has 1 fully saturated rings. The number of amides is 1. The van der Waals surface area contributed by atoms with Crippen LogP contribution in [0, 0.1) is 5.92 Å². The van der Waals surface area contributed by atoms with Gasteiger partial charge >= 0.3 is 6.18 Å². The summed E-state index contributed by atoms with van der Waals surface area (Å²) in [5.74, 6) is -1.74. The molecule has 1 aromatic rings. The summed E-state index contributed by atoms with van der Waals surface area (Å²) in [6.07, 6.45) is -2.25. The maximum atomic E-state index is 13.6. The molecule has 32 heavy (non-hydrogen) atoms. The number of ether oxygens (including phenoxy) is 1. The minimum atomic E-state index is -5.22. The number of likely N-dealkylation sites (tertiary alicyclic amines) is 1. The lowest BCUT2D eigenvalue weighted by Crippen LogP contribution is -2.50. The average molecular weight is 451 g/mol. The van der Waals surface area contributed by atoms with Gasteiger partial charge in [-0.2, -0.15) is 17.6 Å². The highest BCUT2D eigenvalue weighted by Crippen LogP contribution is 2.48. The molecule has 0 aromatic heterocycles. The molecule has 1 N–H and O–H groups in total. The maximum absolute atomic E-state index is 13.6. The molecule has 172 valence electrons. The minimum absolute atomic E-state index is 0.204. The van der Waals surface area contributed by atoms with Gasteiger partial charge in [-0.05, 0) is 43.5 Å². The molecule has 1 amide bonds. The van der Waals surface area contributed by atoms with Gasteiger partial charge in [-0.3, -0.25) is 4.79 Å². The van der Waals surface area contributed by atoms with Gasteiger partial charge in [-0.25, -0.2) is 0 Å². The van der Waals surface area contributed by atoms with Crippen LogP contribution in [0.2, 0.25) is 0 Å². The Morgan fingerprint density at radius 3 is 2.50 bits per heavy atom. The van der Waals surface area contributed by atoms with E-state index in [0.29, 0.717) is 23.4 Å². The van der Waals surface area contributed by atoms with Crippen molar-refractivity contribution in [3.8, 4) is 5.75 Å². The van der Waals surface area contributed by atoms with Crippen LogP contribution in [-0.4, -0.2) is 40.3 Å². The summed E-state index contributed by atoms with van der Waals surface area (Å²) < 4.78 is 59.6. The fraction of sp³-hybridized carbons (Fsp3) is 0.417. The summed E-state index contributed by atoms with van der Waals surface area (Å²) in [5.41, 5.74) is -1.68. The molecule has 0 spiro atoms. The number of alkyl halides is 3. The van der Waals surface area contributed by atoms with Gasteiger partial charge in [0.25, 0.3) is 5.60 Å². The highest BCUT2D eigenvalue weighted by atomic mass is 19.4. The summed E-state index contributed by atoms with van der Waals surface area (Å²) in [6, 6.07) is 9.03. The Hall–Kier alpha value is -2.83. The Bertz CT molecular complexity index is 1000. The highest BCUT2D eigenvalue weighted by molar-refractivity contribution is 5.81. The monoisotopic (exact) mass is 451 g/mol. The smallest absolute Gasteiger partial charge is 0.429 e. The molecule has 3 rings (SSSR count). The van der Waals surface area contributed by atoms with Crippen LogP contribution in [-0.2, 0) is 4.79 Å². The van der Waals surface area contributed by atoms with Crippen molar-refractivity contribution >= 4 is 5.91 Å². The van der Waals surface area contributed by atoms with Crippen molar-refractivity contribution in [1.82, 2.24) is 4.90 Å². The third-order valence-electron chi connectivity index (χ3n) is 5.50. The molecule has 8 heteroatoms. The number of allylic oxidation sites excluding steroid dienone is 2. The second kappa shape index (κ2) is 8.96. The molecule has 2 aliphatic rings. The number of nitrogens with zero attached hydrogens (tertiary/aromatic N) is 1.